The third-order valence-electron chi connectivity index (χ3n) is 3.25. The van der Waals surface area contributed by atoms with E-state index in [1.807, 2.05) is 13.8 Å². The zero-order chi connectivity index (χ0) is 18.8. The van der Waals surface area contributed by atoms with E-state index in [0.717, 1.165) is 26.0 Å². The summed E-state index contributed by atoms with van der Waals surface area (Å²) in [5.41, 5.74) is -0.563. The number of unbranched alkanes of at least 4 members (excludes halogenated alkanes) is 2. The number of methoxy groups -OCH3 is 1. The highest BCUT2D eigenvalue weighted by Crippen LogP contribution is 2.42. The maximum atomic E-state index is 14.7. The molecule has 25 heavy (non-hydrogen) atoms. The Morgan fingerprint density at radius 3 is 2.12 bits per heavy atom. The smallest absolute Gasteiger partial charge is 0.387 e. The molecule has 0 fully saturated rings. The molecule has 0 N–H and O–H groups in total. The fourth-order valence-corrected chi connectivity index (χ4v) is 1.94. The number of ether oxygens (including phenoxy) is 4. The molecule has 0 aliphatic heterocycles. The number of esters is 1. The van der Waals surface area contributed by atoms with Crippen molar-refractivity contribution >= 4 is 5.97 Å². The third kappa shape index (κ3) is 6.03. The van der Waals surface area contributed by atoms with Crippen molar-refractivity contribution in [1.82, 2.24) is 0 Å². The van der Waals surface area contributed by atoms with Crippen molar-refractivity contribution in [1.29, 1.82) is 0 Å². The van der Waals surface area contributed by atoms with Crippen LogP contribution in [0.15, 0.2) is 6.07 Å². The van der Waals surface area contributed by atoms with Crippen molar-refractivity contribution < 1.29 is 36.9 Å². The van der Waals surface area contributed by atoms with Gasteiger partial charge in [0.05, 0.1) is 20.3 Å². The molecular formula is C17H23F3O5. The lowest BCUT2D eigenvalue weighted by molar-refractivity contribution is -0.0518. The van der Waals surface area contributed by atoms with Crippen LogP contribution in [-0.2, 0) is 4.74 Å². The number of benzene rings is 1. The van der Waals surface area contributed by atoms with Gasteiger partial charge in [-0.05, 0) is 12.8 Å². The van der Waals surface area contributed by atoms with E-state index in [1.165, 1.54) is 0 Å². The van der Waals surface area contributed by atoms with Crippen molar-refractivity contribution in [3.8, 4) is 17.2 Å². The molecule has 0 unspecified atom stereocenters. The molecule has 142 valence electrons. The lowest BCUT2D eigenvalue weighted by Gasteiger charge is -2.18. The SMILES string of the molecule is CCCCOc1c(OC(F)F)cc(C(=O)OC)c(F)c1OCCCC. The first-order chi connectivity index (χ1) is 12.0. The summed E-state index contributed by atoms with van der Waals surface area (Å²) >= 11 is 0. The fraction of sp³-hybridized carbons (Fsp3) is 0.588. The minimum absolute atomic E-state index is 0.135. The van der Waals surface area contributed by atoms with Gasteiger partial charge in [-0.1, -0.05) is 26.7 Å². The van der Waals surface area contributed by atoms with Gasteiger partial charge < -0.3 is 18.9 Å². The Bertz CT molecular complexity index is 564. The maximum absolute atomic E-state index is 14.7. The zero-order valence-electron chi connectivity index (χ0n) is 14.6. The average Bonchev–Trinajstić information content (AvgIpc) is 2.58. The summed E-state index contributed by atoms with van der Waals surface area (Å²) in [4.78, 5) is 11.7. The van der Waals surface area contributed by atoms with Crippen LogP contribution in [0.1, 0.15) is 49.9 Å². The second-order valence-electron chi connectivity index (χ2n) is 5.17. The number of carbonyl (C=O) groups is 1. The molecule has 0 aliphatic carbocycles. The van der Waals surface area contributed by atoms with Crippen molar-refractivity contribution in [2.45, 2.75) is 46.1 Å². The van der Waals surface area contributed by atoms with E-state index in [9.17, 15) is 18.0 Å². The number of carbonyl (C=O) groups excluding carboxylic acids is 1. The first-order valence-corrected chi connectivity index (χ1v) is 8.11. The van der Waals surface area contributed by atoms with Crippen molar-refractivity contribution in [3.05, 3.63) is 17.4 Å². The molecule has 5 nitrogen and oxygen atoms in total. The van der Waals surface area contributed by atoms with Gasteiger partial charge in [0.15, 0.2) is 11.6 Å². The normalized spacial score (nSPS) is 10.7. The molecule has 0 aliphatic rings. The monoisotopic (exact) mass is 364 g/mol. The average molecular weight is 364 g/mol. The highest BCUT2D eigenvalue weighted by Gasteiger charge is 2.27. The first-order valence-electron chi connectivity index (χ1n) is 8.11. The predicted octanol–water partition coefficient (Wildman–Crippen LogP) is 4.57. The number of alkyl halides is 2. The van der Waals surface area contributed by atoms with Crippen LogP contribution >= 0.6 is 0 Å². The molecule has 0 radical (unpaired) electrons. The van der Waals surface area contributed by atoms with Crippen LogP contribution in [0.2, 0.25) is 0 Å². The largest absolute Gasteiger partial charge is 0.487 e. The van der Waals surface area contributed by atoms with Gasteiger partial charge in [-0.2, -0.15) is 8.78 Å². The fourth-order valence-electron chi connectivity index (χ4n) is 1.94. The van der Waals surface area contributed by atoms with Crippen molar-refractivity contribution in [2.75, 3.05) is 20.3 Å². The molecule has 0 saturated carbocycles. The number of hydrogen-bond donors (Lipinski definition) is 0. The molecule has 1 aromatic rings. The third-order valence-corrected chi connectivity index (χ3v) is 3.25. The molecule has 0 spiro atoms. The Hall–Kier alpha value is -2.12. The van der Waals surface area contributed by atoms with Gasteiger partial charge in [-0.3, -0.25) is 0 Å². The summed E-state index contributed by atoms with van der Waals surface area (Å²) in [5, 5.41) is 0. The van der Waals surface area contributed by atoms with Crippen LogP contribution in [0.4, 0.5) is 13.2 Å². The van der Waals surface area contributed by atoms with E-state index in [2.05, 4.69) is 9.47 Å². The quantitative estimate of drug-likeness (QED) is 0.425. The van der Waals surface area contributed by atoms with E-state index >= 15 is 0 Å². The van der Waals surface area contributed by atoms with Crippen LogP contribution in [-0.4, -0.2) is 32.9 Å². The molecule has 0 heterocycles. The standard InChI is InChI=1S/C17H23F3O5/c1-4-6-8-23-14-12(25-17(19)20)10-11(16(21)22-3)13(18)15(14)24-9-7-5-2/h10,17H,4-9H2,1-3H3. The van der Waals surface area contributed by atoms with E-state index in [4.69, 9.17) is 9.47 Å². The zero-order valence-corrected chi connectivity index (χ0v) is 14.6. The van der Waals surface area contributed by atoms with Gasteiger partial charge >= 0.3 is 12.6 Å². The molecule has 0 saturated heterocycles. The molecule has 0 amide bonds. The van der Waals surface area contributed by atoms with Gasteiger partial charge in [0.25, 0.3) is 0 Å². The molecule has 8 heteroatoms. The Morgan fingerprint density at radius 2 is 1.64 bits per heavy atom. The minimum Gasteiger partial charge on any atom is -0.487 e. The van der Waals surface area contributed by atoms with E-state index in [-0.39, 0.29) is 19.0 Å². The van der Waals surface area contributed by atoms with Crippen molar-refractivity contribution in [3.63, 3.8) is 0 Å². The van der Waals surface area contributed by atoms with E-state index in [1.54, 1.807) is 0 Å². The summed E-state index contributed by atoms with van der Waals surface area (Å²) in [7, 11) is 1.05. The van der Waals surface area contributed by atoms with Crippen LogP contribution < -0.4 is 14.2 Å². The lowest BCUT2D eigenvalue weighted by Crippen LogP contribution is -2.13. The molecule has 1 rings (SSSR count). The molecule has 1 aromatic carbocycles. The van der Waals surface area contributed by atoms with E-state index < -0.39 is 35.5 Å². The van der Waals surface area contributed by atoms with Gasteiger partial charge in [0.2, 0.25) is 11.5 Å². The second-order valence-corrected chi connectivity index (χ2v) is 5.17. The van der Waals surface area contributed by atoms with Gasteiger partial charge in [0.1, 0.15) is 5.56 Å². The summed E-state index contributed by atoms with van der Waals surface area (Å²) < 4.78 is 59.8. The lowest BCUT2D eigenvalue weighted by atomic mass is 10.1. The topological polar surface area (TPSA) is 54.0 Å². The van der Waals surface area contributed by atoms with Crippen LogP contribution in [0.3, 0.4) is 0 Å². The van der Waals surface area contributed by atoms with Gasteiger partial charge in [-0.25, -0.2) is 9.18 Å². The minimum atomic E-state index is -3.17. The first kappa shape index (κ1) is 20.9. The van der Waals surface area contributed by atoms with Crippen LogP contribution in [0.5, 0.6) is 17.2 Å². The molecule has 0 atom stereocenters. The summed E-state index contributed by atoms with van der Waals surface area (Å²) in [6.45, 7) is 0.953. The number of rotatable bonds is 11. The Labute approximate surface area is 145 Å². The maximum Gasteiger partial charge on any atom is 0.387 e. The Morgan fingerprint density at radius 1 is 1.08 bits per heavy atom. The Balaban J connectivity index is 3.37. The van der Waals surface area contributed by atoms with Crippen molar-refractivity contribution in [2.24, 2.45) is 0 Å². The van der Waals surface area contributed by atoms with Gasteiger partial charge in [0, 0.05) is 6.07 Å². The molecule has 0 bridgehead atoms. The van der Waals surface area contributed by atoms with Crippen LogP contribution in [0.25, 0.3) is 0 Å². The number of hydrogen-bond acceptors (Lipinski definition) is 5. The molecular weight excluding hydrogens is 341 g/mol. The Kier molecular flexibility index (Phi) is 8.94. The number of halogens is 3. The summed E-state index contributed by atoms with van der Waals surface area (Å²) in [6.07, 6.45) is 2.81. The highest BCUT2D eigenvalue weighted by atomic mass is 19.3. The van der Waals surface area contributed by atoms with Gasteiger partial charge in [-0.15, -0.1) is 0 Å². The van der Waals surface area contributed by atoms with E-state index in [0.29, 0.717) is 12.8 Å². The second kappa shape index (κ2) is 10.7. The predicted molar refractivity (Wildman–Crippen MR) is 85.2 cm³/mol. The molecule has 0 aromatic heterocycles. The van der Waals surface area contributed by atoms with Crippen LogP contribution in [0, 0.1) is 5.82 Å². The highest BCUT2D eigenvalue weighted by molar-refractivity contribution is 5.91. The summed E-state index contributed by atoms with van der Waals surface area (Å²) in [6, 6.07) is 0.835. The summed E-state index contributed by atoms with van der Waals surface area (Å²) in [5.74, 6) is -3.24.